The fourth-order valence-electron chi connectivity index (χ4n) is 3.56. The zero-order chi connectivity index (χ0) is 19.3. The molecule has 1 fully saturated rings. The van der Waals surface area contributed by atoms with E-state index in [0.29, 0.717) is 23.1 Å². The van der Waals surface area contributed by atoms with Gasteiger partial charge in [0.2, 0.25) is 5.91 Å². The van der Waals surface area contributed by atoms with E-state index in [2.05, 4.69) is 24.5 Å². The Morgan fingerprint density at radius 2 is 1.77 bits per heavy atom. The maximum atomic E-state index is 12.8. The normalized spacial score (nSPS) is 24.0. The van der Waals surface area contributed by atoms with Gasteiger partial charge in [-0.05, 0) is 48.4 Å². The van der Waals surface area contributed by atoms with Crippen molar-refractivity contribution in [2.45, 2.75) is 59.0 Å². The molecular formula is C21H32N2O3. The molecule has 0 radical (unpaired) electrons. The highest BCUT2D eigenvalue weighted by Gasteiger charge is 2.31. The largest absolute Gasteiger partial charge is 0.497 e. The van der Waals surface area contributed by atoms with Crippen LogP contribution in [0.3, 0.4) is 0 Å². The molecule has 4 atom stereocenters. The van der Waals surface area contributed by atoms with E-state index in [1.807, 2.05) is 13.8 Å². The van der Waals surface area contributed by atoms with Gasteiger partial charge >= 0.3 is 0 Å². The van der Waals surface area contributed by atoms with Crippen molar-refractivity contribution in [1.29, 1.82) is 0 Å². The maximum absolute atomic E-state index is 12.8. The third-order valence-electron chi connectivity index (χ3n) is 5.62. The molecule has 0 aromatic heterocycles. The van der Waals surface area contributed by atoms with Crippen molar-refractivity contribution in [2.24, 2.45) is 17.8 Å². The molecule has 1 aliphatic rings. The molecule has 0 aliphatic heterocycles. The Hall–Kier alpha value is -2.04. The van der Waals surface area contributed by atoms with Gasteiger partial charge in [0.15, 0.2) is 0 Å². The van der Waals surface area contributed by atoms with E-state index >= 15 is 0 Å². The first-order valence-electron chi connectivity index (χ1n) is 9.58. The number of benzene rings is 1. The first-order valence-corrected chi connectivity index (χ1v) is 9.58. The minimum Gasteiger partial charge on any atom is -0.497 e. The number of methoxy groups -OCH3 is 1. The number of ether oxygens (including phenoxy) is 1. The van der Waals surface area contributed by atoms with Gasteiger partial charge in [0.25, 0.3) is 5.91 Å². The lowest BCUT2D eigenvalue weighted by Gasteiger charge is -2.36. The highest BCUT2D eigenvalue weighted by atomic mass is 16.5. The molecule has 0 heterocycles. The van der Waals surface area contributed by atoms with Crippen LogP contribution in [-0.2, 0) is 4.79 Å². The fraction of sp³-hybridized carbons (Fsp3) is 0.619. The van der Waals surface area contributed by atoms with Gasteiger partial charge < -0.3 is 15.4 Å². The van der Waals surface area contributed by atoms with Crippen molar-refractivity contribution in [3.05, 3.63) is 29.8 Å². The lowest BCUT2D eigenvalue weighted by Crippen LogP contribution is -2.54. The van der Waals surface area contributed by atoms with Gasteiger partial charge in [-0.15, -0.1) is 0 Å². The molecule has 2 rings (SSSR count). The van der Waals surface area contributed by atoms with E-state index < -0.39 is 6.04 Å². The van der Waals surface area contributed by atoms with E-state index in [-0.39, 0.29) is 23.8 Å². The molecule has 144 valence electrons. The lowest BCUT2D eigenvalue weighted by molar-refractivity contribution is -0.125. The molecule has 0 bridgehead atoms. The molecule has 5 nitrogen and oxygen atoms in total. The molecule has 4 unspecified atom stereocenters. The van der Waals surface area contributed by atoms with Crippen LogP contribution in [-0.4, -0.2) is 31.0 Å². The Kier molecular flexibility index (Phi) is 7.06. The van der Waals surface area contributed by atoms with E-state index in [9.17, 15) is 9.59 Å². The highest BCUT2D eigenvalue weighted by Crippen LogP contribution is 2.29. The van der Waals surface area contributed by atoms with E-state index in [0.717, 1.165) is 12.8 Å². The molecule has 1 saturated carbocycles. The van der Waals surface area contributed by atoms with Gasteiger partial charge in [-0.1, -0.05) is 40.5 Å². The first kappa shape index (κ1) is 20.3. The van der Waals surface area contributed by atoms with E-state index in [1.54, 1.807) is 31.4 Å². The molecular weight excluding hydrogens is 328 g/mol. The Morgan fingerprint density at radius 1 is 1.12 bits per heavy atom. The highest BCUT2D eigenvalue weighted by molar-refractivity contribution is 5.97. The summed E-state index contributed by atoms with van der Waals surface area (Å²) in [6, 6.07) is 6.52. The first-order chi connectivity index (χ1) is 12.3. The van der Waals surface area contributed by atoms with E-state index in [4.69, 9.17) is 4.74 Å². The third kappa shape index (κ3) is 4.99. The van der Waals surface area contributed by atoms with Crippen LogP contribution in [0.25, 0.3) is 0 Å². The molecule has 1 aliphatic carbocycles. The minimum atomic E-state index is -0.547. The topological polar surface area (TPSA) is 67.4 Å². The number of carbonyl (C=O) groups is 2. The van der Waals surface area contributed by atoms with Crippen molar-refractivity contribution < 1.29 is 14.3 Å². The maximum Gasteiger partial charge on any atom is 0.251 e. The molecule has 1 aromatic carbocycles. The van der Waals surface area contributed by atoms with Crippen LogP contribution < -0.4 is 15.4 Å². The van der Waals surface area contributed by atoms with Crippen molar-refractivity contribution >= 4 is 11.8 Å². The summed E-state index contributed by atoms with van der Waals surface area (Å²) < 4.78 is 5.11. The quantitative estimate of drug-likeness (QED) is 0.817. The molecule has 0 saturated heterocycles. The van der Waals surface area contributed by atoms with Gasteiger partial charge in [-0.25, -0.2) is 0 Å². The summed E-state index contributed by atoms with van der Waals surface area (Å²) in [5, 5.41) is 6.08. The Balaban J connectivity index is 2.02. The number of hydrogen-bond acceptors (Lipinski definition) is 3. The van der Waals surface area contributed by atoms with Gasteiger partial charge in [0, 0.05) is 11.6 Å². The summed E-state index contributed by atoms with van der Waals surface area (Å²) >= 11 is 0. The van der Waals surface area contributed by atoms with Gasteiger partial charge in [0.05, 0.1) is 7.11 Å². The van der Waals surface area contributed by atoms with Gasteiger partial charge in [0.1, 0.15) is 11.8 Å². The van der Waals surface area contributed by atoms with Crippen LogP contribution in [0.2, 0.25) is 0 Å². The molecule has 2 N–H and O–H groups in total. The monoisotopic (exact) mass is 360 g/mol. The average molecular weight is 360 g/mol. The van der Waals surface area contributed by atoms with Crippen LogP contribution >= 0.6 is 0 Å². The Morgan fingerprint density at radius 3 is 2.35 bits per heavy atom. The number of rotatable bonds is 6. The van der Waals surface area contributed by atoms with Crippen LogP contribution in [0.4, 0.5) is 0 Å². The number of amides is 2. The van der Waals surface area contributed by atoms with Crippen molar-refractivity contribution in [3.8, 4) is 5.75 Å². The summed E-state index contributed by atoms with van der Waals surface area (Å²) in [5.41, 5.74) is 0.518. The Bertz CT molecular complexity index is 612. The second-order valence-electron chi connectivity index (χ2n) is 7.81. The number of hydrogen-bond donors (Lipinski definition) is 2. The van der Waals surface area contributed by atoms with Crippen molar-refractivity contribution in [1.82, 2.24) is 10.6 Å². The summed E-state index contributed by atoms with van der Waals surface area (Å²) in [6.07, 6.45) is 3.37. The van der Waals surface area contributed by atoms with Crippen LogP contribution in [0.5, 0.6) is 5.75 Å². The standard InChI is InChI=1S/C21H32N2O3/c1-13(2)19(21(25)22-18-8-6-7-14(3)15(18)4)23-20(24)16-9-11-17(26-5)12-10-16/h9-15,18-19H,6-8H2,1-5H3,(H,22,25)(H,23,24). The van der Waals surface area contributed by atoms with Crippen molar-refractivity contribution in [3.63, 3.8) is 0 Å². The second-order valence-corrected chi connectivity index (χ2v) is 7.81. The SMILES string of the molecule is COc1ccc(C(=O)NC(C(=O)NC2CCCC(C)C2C)C(C)C)cc1. The van der Waals surface area contributed by atoms with Crippen LogP contribution in [0.15, 0.2) is 24.3 Å². The average Bonchev–Trinajstić information content (AvgIpc) is 2.63. The van der Waals surface area contributed by atoms with Crippen LogP contribution in [0, 0.1) is 17.8 Å². The zero-order valence-electron chi connectivity index (χ0n) is 16.5. The summed E-state index contributed by atoms with van der Waals surface area (Å²) in [5.74, 6) is 1.44. The fourth-order valence-corrected chi connectivity index (χ4v) is 3.56. The third-order valence-corrected chi connectivity index (χ3v) is 5.62. The lowest BCUT2D eigenvalue weighted by atomic mass is 9.78. The molecule has 1 aromatic rings. The number of nitrogens with one attached hydrogen (secondary N) is 2. The zero-order valence-corrected chi connectivity index (χ0v) is 16.5. The smallest absolute Gasteiger partial charge is 0.251 e. The molecule has 26 heavy (non-hydrogen) atoms. The predicted octanol–water partition coefficient (Wildman–Crippen LogP) is 3.39. The second kappa shape index (κ2) is 9.06. The van der Waals surface area contributed by atoms with Gasteiger partial charge in [-0.3, -0.25) is 9.59 Å². The van der Waals surface area contributed by atoms with Crippen LogP contribution in [0.1, 0.15) is 57.3 Å². The number of carbonyl (C=O) groups excluding carboxylic acids is 2. The predicted molar refractivity (Wildman–Crippen MR) is 103 cm³/mol. The summed E-state index contributed by atoms with van der Waals surface area (Å²) in [7, 11) is 1.58. The Labute approximate surface area is 156 Å². The minimum absolute atomic E-state index is 0.00789. The molecule has 0 spiro atoms. The van der Waals surface area contributed by atoms with Gasteiger partial charge in [-0.2, -0.15) is 0 Å². The summed E-state index contributed by atoms with van der Waals surface area (Å²) in [6.45, 7) is 8.35. The van der Waals surface area contributed by atoms with E-state index in [1.165, 1.54) is 6.42 Å². The molecule has 5 heteroatoms. The van der Waals surface area contributed by atoms with Crippen molar-refractivity contribution in [2.75, 3.05) is 7.11 Å². The summed E-state index contributed by atoms with van der Waals surface area (Å²) in [4.78, 5) is 25.4. The molecule has 2 amide bonds.